The predicted octanol–water partition coefficient (Wildman–Crippen LogP) is 5.47. The van der Waals surface area contributed by atoms with Crippen molar-refractivity contribution in [3.8, 4) is 22.8 Å². The van der Waals surface area contributed by atoms with Gasteiger partial charge in [-0.05, 0) is 59.7 Å². The van der Waals surface area contributed by atoms with Gasteiger partial charge in [-0.15, -0.1) is 0 Å². The van der Waals surface area contributed by atoms with Crippen LogP contribution < -0.4 is 5.32 Å². The molecule has 0 unspecified atom stereocenters. The van der Waals surface area contributed by atoms with Crippen LogP contribution in [-0.2, 0) is 0 Å². The summed E-state index contributed by atoms with van der Waals surface area (Å²) in [5, 5.41) is 3.37. The van der Waals surface area contributed by atoms with Crippen LogP contribution in [0.15, 0.2) is 110 Å². The minimum atomic E-state index is 0.743. The molecular weight excluding hydrogens is 358 g/mol. The summed E-state index contributed by atoms with van der Waals surface area (Å²) in [5.74, 6) is 3.19. The largest absolute Gasteiger partial charge is 0.325 e. The summed E-state index contributed by atoms with van der Waals surface area (Å²) in [6.45, 7) is 0. The van der Waals surface area contributed by atoms with Crippen LogP contribution in [0, 0.1) is 0 Å². The molecule has 0 aliphatic carbocycles. The van der Waals surface area contributed by atoms with Crippen LogP contribution in [0.2, 0.25) is 0 Å². The van der Waals surface area contributed by atoms with Crippen molar-refractivity contribution in [2.75, 3.05) is 5.32 Å². The SMILES string of the molecule is c1ccc(-c2cc(Nc3cccc(-n4cccc4)n3)nc(-n3cccc3)c2)cc1. The van der Waals surface area contributed by atoms with Gasteiger partial charge < -0.3 is 14.5 Å². The van der Waals surface area contributed by atoms with E-state index in [0.717, 1.165) is 34.4 Å². The number of hydrogen-bond donors (Lipinski definition) is 1. The fourth-order valence-corrected chi connectivity index (χ4v) is 3.25. The van der Waals surface area contributed by atoms with Crippen LogP contribution in [0.3, 0.4) is 0 Å². The number of hydrogen-bond acceptors (Lipinski definition) is 3. The summed E-state index contributed by atoms with van der Waals surface area (Å²) in [6.07, 6.45) is 7.94. The number of rotatable bonds is 5. The topological polar surface area (TPSA) is 47.7 Å². The van der Waals surface area contributed by atoms with E-state index < -0.39 is 0 Å². The Morgan fingerprint density at radius 1 is 0.517 bits per heavy atom. The molecule has 0 fully saturated rings. The highest BCUT2D eigenvalue weighted by Crippen LogP contribution is 2.26. The second kappa shape index (κ2) is 7.48. The third kappa shape index (κ3) is 3.66. The van der Waals surface area contributed by atoms with Gasteiger partial charge in [0.25, 0.3) is 0 Å². The molecule has 5 aromatic rings. The highest BCUT2D eigenvalue weighted by atomic mass is 15.1. The van der Waals surface area contributed by atoms with Gasteiger partial charge >= 0.3 is 0 Å². The lowest BCUT2D eigenvalue weighted by Gasteiger charge is -2.12. The summed E-state index contributed by atoms with van der Waals surface area (Å²) < 4.78 is 3.98. The van der Waals surface area contributed by atoms with Gasteiger partial charge in [-0.2, -0.15) is 0 Å². The molecule has 0 atom stereocenters. The number of benzene rings is 1. The maximum atomic E-state index is 4.79. The van der Waals surface area contributed by atoms with Crippen molar-refractivity contribution in [2.24, 2.45) is 0 Å². The molecule has 1 aromatic carbocycles. The van der Waals surface area contributed by atoms with Crippen molar-refractivity contribution in [2.45, 2.75) is 0 Å². The molecule has 5 heteroatoms. The van der Waals surface area contributed by atoms with Gasteiger partial charge in [-0.25, -0.2) is 9.97 Å². The molecule has 0 radical (unpaired) electrons. The molecule has 0 bridgehead atoms. The van der Waals surface area contributed by atoms with Crippen molar-refractivity contribution in [1.29, 1.82) is 0 Å². The van der Waals surface area contributed by atoms with Gasteiger partial charge in [0.2, 0.25) is 0 Å². The van der Waals surface area contributed by atoms with E-state index in [9.17, 15) is 0 Å². The molecule has 4 aromatic heterocycles. The first-order valence-electron chi connectivity index (χ1n) is 9.43. The quantitative estimate of drug-likeness (QED) is 0.442. The van der Waals surface area contributed by atoms with Crippen molar-refractivity contribution in [3.05, 3.63) is 110 Å². The molecule has 140 valence electrons. The van der Waals surface area contributed by atoms with Crippen LogP contribution in [0.5, 0.6) is 0 Å². The van der Waals surface area contributed by atoms with Crippen molar-refractivity contribution >= 4 is 11.6 Å². The normalized spacial score (nSPS) is 10.8. The molecule has 4 heterocycles. The number of anilines is 2. The molecule has 0 aliphatic heterocycles. The van der Waals surface area contributed by atoms with Crippen LogP contribution in [-0.4, -0.2) is 19.1 Å². The number of aromatic nitrogens is 4. The van der Waals surface area contributed by atoms with Gasteiger partial charge in [0.15, 0.2) is 0 Å². The molecule has 1 N–H and O–H groups in total. The van der Waals surface area contributed by atoms with Gasteiger partial charge in [-0.1, -0.05) is 36.4 Å². The van der Waals surface area contributed by atoms with Crippen molar-refractivity contribution in [3.63, 3.8) is 0 Å². The van der Waals surface area contributed by atoms with E-state index in [1.165, 1.54) is 0 Å². The standard InChI is InChI=1S/C24H19N5/c1-2-9-19(10-3-1)20-17-22(27-24(18-20)29-15-6-7-16-29)25-21-11-8-12-23(26-21)28-13-4-5-14-28/h1-18H,(H,25,26,27). The zero-order chi connectivity index (χ0) is 19.5. The maximum absolute atomic E-state index is 4.79. The number of pyridine rings is 2. The first kappa shape index (κ1) is 17.0. The molecule has 5 nitrogen and oxygen atoms in total. The van der Waals surface area contributed by atoms with Crippen LogP contribution in [0.4, 0.5) is 11.6 Å². The lowest BCUT2D eigenvalue weighted by Crippen LogP contribution is -2.03. The molecular formula is C24H19N5. The highest BCUT2D eigenvalue weighted by molar-refractivity contribution is 5.70. The van der Waals surface area contributed by atoms with Gasteiger partial charge in [0.05, 0.1) is 0 Å². The average Bonchev–Trinajstić information content (AvgIpc) is 3.49. The third-order valence-electron chi connectivity index (χ3n) is 4.65. The fraction of sp³-hybridized carbons (Fsp3) is 0. The van der Waals surface area contributed by atoms with E-state index >= 15 is 0 Å². The van der Waals surface area contributed by atoms with Crippen LogP contribution in [0.25, 0.3) is 22.8 Å². The minimum absolute atomic E-state index is 0.743. The highest BCUT2D eigenvalue weighted by Gasteiger charge is 2.08. The second-order valence-electron chi connectivity index (χ2n) is 6.65. The lowest BCUT2D eigenvalue weighted by molar-refractivity contribution is 1.00. The molecule has 0 amide bonds. The number of nitrogens with one attached hydrogen (secondary N) is 1. The molecule has 0 saturated carbocycles. The van der Waals surface area contributed by atoms with Crippen molar-refractivity contribution < 1.29 is 0 Å². The summed E-state index contributed by atoms with van der Waals surface area (Å²) >= 11 is 0. The smallest absolute Gasteiger partial charge is 0.139 e. The monoisotopic (exact) mass is 377 g/mol. The Kier molecular flexibility index (Phi) is 4.39. The summed E-state index contributed by atoms with van der Waals surface area (Å²) in [6, 6.07) is 28.3. The Labute approximate surface area is 168 Å². The van der Waals surface area contributed by atoms with E-state index in [2.05, 4.69) is 23.5 Å². The summed E-state index contributed by atoms with van der Waals surface area (Å²) in [4.78, 5) is 9.50. The maximum Gasteiger partial charge on any atom is 0.139 e. The zero-order valence-electron chi connectivity index (χ0n) is 15.7. The molecule has 0 spiro atoms. The zero-order valence-corrected chi connectivity index (χ0v) is 15.7. The molecule has 0 saturated heterocycles. The Morgan fingerprint density at radius 3 is 1.90 bits per heavy atom. The van der Waals surface area contributed by atoms with Crippen LogP contribution in [0.1, 0.15) is 0 Å². The molecule has 29 heavy (non-hydrogen) atoms. The first-order chi connectivity index (χ1) is 14.3. The van der Waals surface area contributed by atoms with E-state index in [4.69, 9.17) is 9.97 Å². The predicted molar refractivity (Wildman–Crippen MR) is 116 cm³/mol. The lowest BCUT2D eigenvalue weighted by atomic mass is 10.1. The average molecular weight is 377 g/mol. The van der Waals surface area contributed by atoms with Crippen molar-refractivity contribution in [1.82, 2.24) is 19.1 Å². The van der Waals surface area contributed by atoms with Crippen LogP contribution >= 0.6 is 0 Å². The Balaban J connectivity index is 1.54. The van der Waals surface area contributed by atoms with E-state index in [-0.39, 0.29) is 0 Å². The summed E-state index contributed by atoms with van der Waals surface area (Å²) in [5.41, 5.74) is 2.23. The summed E-state index contributed by atoms with van der Waals surface area (Å²) in [7, 11) is 0. The molecule has 5 rings (SSSR count). The third-order valence-corrected chi connectivity index (χ3v) is 4.65. The molecule has 0 aliphatic rings. The second-order valence-corrected chi connectivity index (χ2v) is 6.65. The Hall–Kier alpha value is -4.12. The minimum Gasteiger partial charge on any atom is -0.325 e. The number of nitrogens with zero attached hydrogens (tertiary/aromatic N) is 4. The van der Waals surface area contributed by atoms with E-state index in [1.807, 2.05) is 101 Å². The van der Waals surface area contributed by atoms with E-state index in [1.54, 1.807) is 0 Å². The van der Waals surface area contributed by atoms with Gasteiger partial charge in [-0.3, -0.25) is 0 Å². The Bertz CT molecular complexity index is 1210. The van der Waals surface area contributed by atoms with Gasteiger partial charge in [0, 0.05) is 24.8 Å². The first-order valence-corrected chi connectivity index (χ1v) is 9.43. The Morgan fingerprint density at radius 2 is 1.17 bits per heavy atom. The fourth-order valence-electron chi connectivity index (χ4n) is 3.25. The van der Waals surface area contributed by atoms with Gasteiger partial charge in [0.1, 0.15) is 23.3 Å². The van der Waals surface area contributed by atoms with E-state index in [0.29, 0.717) is 0 Å².